The Balaban J connectivity index is 1.79. The lowest BCUT2D eigenvalue weighted by Crippen LogP contribution is -2.33. The number of benzene rings is 2. The first-order chi connectivity index (χ1) is 11.6. The van der Waals surface area contributed by atoms with Gasteiger partial charge in [0.15, 0.2) is 5.11 Å². The molecule has 4 heteroatoms. The zero-order valence-corrected chi connectivity index (χ0v) is 14.5. The Hall–Kier alpha value is -2.46. The van der Waals surface area contributed by atoms with Gasteiger partial charge in [0.2, 0.25) is 0 Å². The highest BCUT2D eigenvalue weighted by molar-refractivity contribution is 7.80. The normalized spacial score (nSPS) is 17.5. The molecule has 2 aromatic carbocycles. The van der Waals surface area contributed by atoms with E-state index in [9.17, 15) is 4.79 Å². The number of carbonyl (C=O) groups excluding carboxylic acids is 1. The fourth-order valence-corrected chi connectivity index (χ4v) is 3.39. The average molecular weight is 336 g/mol. The summed E-state index contributed by atoms with van der Waals surface area (Å²) in [6.07, 6.45) is 2.59. The van der Waals surface area contributed by atoms with E-state index in [0.717, 1.165) is 12.1 Å². The third kappa shape index (κ3) is 3.10. The summed E-state index contributed by atoms with van der Waals surface area (Å²) in [4.78, 5) is 15.9. The van der Waals surface area contributed by atoms with E-state index in [-0.39, 0.29) is 11.9 Å². The van der Waals surface area contributed by atoms with Gasteiger partial charge in [-0.15, -0.1) is 6.58 Å². The summed E-state index contributed by atoms with van der Waals surface area (Å²) in [5.74, 6) is 0.0215. The van der Waals surface area contributed by atoms with Gasteiger partial charge in [-0.2, -0.15) is 0 Å². The Labute approximate surface area is 148 Å². The van der Waals surface area contributed by atoms with Crippen LogP contribution in [0.3, 0.4) is 0 Å². The molecule has 0 spiro atoms. The lowest BCUT2D eigenvalue weighted by atomic mass is 10.0. The van der Waals surface area contributed by atoms with Crippen molar-refractivity contribution in [2.24, 2.45) is 0 Å². The maximum absolute atomic E-state index is 12.3. The van der Waals surface area contributed by atoms with Crippen LogP contribution in [0.15, 0.2) is 67.3 Å². The molecule has 1 aliphatic rings. The number of amides is 1. The van der Waals surface area contributed by atoms with Gasteiger partial charge >= 0.3 is 0 Å². The van der Waals surface area contributed by atoms with Crippen LogP contribution in [-0.2, 0) is 11.2 Å². The Kier molecular flexibility index (Phi) is 4.76. The highest BCUT2D eigenvalue weighted by Gasteiger charge is 2.39. The standard InChI is InChI=1S/C20H20N2OS/c1-3-13-21-19(23)15(2)22(20(21)24)18-11-9-17(10-12-18)14-16-7-5-4-6-8-16/h3-12,15H,1,13-14H2,2H3. The zero-order valence-electron chi connectivity index (χ0n) is 13.7. The summed E-state index contributed by atoms with van der Waals surface area (Å²) in [6, 6.07) is 18.3. The first kappa shape index (κ1) is 16.4. The first-order valence-corrected chi connectivity index (χ1v) is 8.41. The molecule has 0 saturated carbocycles. The predicted molar refractivity (Wildman–Crippen MR) is 102 cm³/mol. The highest BCUT2D eigenvalue weighted by atomic mass is 32.1. The number of rotatable bonds is 5. The number of nitrogens with zero attached hydrogens (tertiary/aromatic N) is 2. The lowest BCUT2D eigenvalue weighted by Gasteiger charge is -2.22. The largest absolute Gasteiger partial charge is 0.306 e. The molecule has 0 aliphatic carbocycles. The Bertz CT molecular complexity index is 755. The number of carbonyl (C=O) groups is 1. The van der Waals surface area contributed by atoms with Gasteiger partial charge in [0.05, 0.1) is 0 Å². The van der Waals surface area contributed by atoms with Crippen molar-refractivity contribution in [3.05, 3.63) is 78.4 Å². The number of anilines is 1. The molecular weight excluding hydrogens is 316 g/mol. The highest BCUT2D eigenvalue weighted by Crippen LogP contribution is 2.26. The van der Waals surface area contributed by atoms with Crippen molar-refractivity contribution in [3.8, 4) is 0 Å². The van der Waals surface area contributed by atoms with E-state index in [1.54, 1.807) is 11.0 Å². The van der Waals surface area contributed by atoms with Gasteiger partial charge in [-0.1, -0.05) is 48.5 Å². The minimum Gasteiger partial charge on any atom is -0.306 e. The summed E-state index contributed by atoms with van der Waals surface area (Å²) in [5, 5.41) is 0.545. The second kappa shape index (κ2) is 6.97. The van der Waals surface area contributed by atoms with Gasteiger partial charge in [-0.25, -0.2) is 0 Å². The van der Waals surface area contributed by atoms with Crippen molar-refractivity contribution in [2.45, 2.75) is 19.4 Å². The summed E-state index contributed by atoms with van der Waals surface area (Å²) >= 11 is 5.48. The fourth-order valence-electron chi connectivity index (χ4n) is 2.96. The third-order valence-electron chi connectivity index (χ3n) is 4.22. The SMILES string of the molecule is C=CCN1C(=O)C(C)N(c2ccc(Cc3ccccc3)cc2)C1=S. The third-order valence-corrected chi connectivity index (χ3v) is 4.64. The van der Waals surface area contributed by atoms with Crippen LogP contribution >= 0.6 is 12.2 Å². The molecule has 0 radical (unpaired) electrons. The molecule has 0 N–H and O–H groups in total. The van der Waals surface area contributed by atoms with Gasteiger partial charge in [0.1, 0.15) is 6.04 Å². The molecule has 3 nitrogen and oxygen atoms in total. The van der Waals surface area contributed by atoms with Gasteiger partial charge in [-0.05, 0) is 48.8 Å². The van der Waals surface area contributed by atoms with Crippen molar-refractivity contribution in [1.82, 2.24) is 4.90 Å². The Morgan fingerprint density at radius 1 is 1.08 bits per heavy atom. The van der Waals surface area contributed by atoms with Crippen LogP contribution in [0.1, 0.15) is 18.1 Å². The summed E-state index contributed by atoms with van der Waals surface area (Å²) < 4.78 is 0. The number of hydrogen-bond acceptors (Lipinski definition) is 2. The summed E-state index contributed by atoms with van der Waals surface area (Å²) in [5.41, 5.74) is 3.46. The second-order valence-electron chi connectivity index (χ2n) is 5.89. The molecule has 1 saturated heterocycles. The van der Waals surface area contributed by atoms with Gasteiger partial charge < -0.3 is 4.90 Å². The molecule has 24 heavy (non-hydrogen) atoms. The van der Waals surface area contributed by atoms with E-state index in [4.69, 9.17) is 12.2 Å². The van der Waals surface area contributed by atoms with Crippen molar-refractivity contribution < 1.29 is 4.79 Å². The van der Waals surface area contributed by atoms with E-state index in [0.29, 0.717) is 11.7 Å². The van der Waals surface area contributed by atoms with Crippen LogP contribution < -0.4 is 4.90 Å². The van der Waals surface area contributed by atoms with Crippen molar-refractivity contribution in [3.63, 3.8) is 0 Å². The van der Waals surface area contributed by atoms with E-state index >= 15 is 0 Å². The molecule has 0 bridgehead atoms. The first-order valence-electron chi connectivity index (χ1n) is 8.00. The minimum atomic E-state index is -0.280. The van der Waals surface area contributed by atoms with Crippen LogP contribution in [0.5, 0.6) is 0 Å². The quantitative estimate of drug-likeness (QED) is 0.613. The molecule has 1 atom stereocenters. The maximum Gasteiger partial charge on any atom is 0.251 e. The van der Waals surface area contributed by atoms with Crippen molar-refractivity contribution in [1.29, 1.82) is 0 Å². The van der Waals surface area contributed by atoms with Crippen LogP contribution in [0.25, 0.3) is 0 Å². The van der Waals surface area contributed by atoms with Crippen molar-refractivity contribution >= 4 is 28.9 Å². The van der Waals surface area contributed by atoms with E-state index in [1.165, 1.54) is 11.1 Å². The molecule has 0 aromatic heterocycles. The van der Waals surface area contributed by atoms with Crippen LogP contribution in [0, 0.1) is 0 Å². The minimum absolute atomic E-state index is 0.0215. The fraction of sp³-hybridized carbons (Fsp3) is 0.200. The van der Waals surface area contributed by atoms with E-state index in [1.807, 2.05) is 42.2 Å². The molecule has 1 amide bonds. The Morgan fingerprint density at radius 2 is 1.71 bits per heavy atom. The van der Waals surface area contributed by atoms with Crippen molar-refractivity contribution in [2.75, 3.05) is 11.4 Å². The second-order valence-corrected chi connectivity index (χ2v) is 6.26. The Morgan fingerprint density at radius 3 is 2.33 bits per heavy atom. The van der Waals surface area contributed by atoms with E-state index < -0.39 is 0 Å². The van der Waals surface area contributed by atoms with Crippen LogP contribution in [0.2, 0.25) is 0 Å². The zero-order chi connectivity index (χ0) is 17.1. The van der Waals surface area contributed by atoms with Gasteiger partial charge in [-0.3, -0.25) is 9.69 Å². The summed E-state index contributed by atoms with van der Waals surface area (Å²) in [6.45, 7) is 6.03. The molecular formula is C20H20N2OS. The molecule has 1 aliphatic heterocycles. The molecule has 2 aromatic rings. The lowest BCUT2D eigenvalue weighted by molar-refractivity contribution is -0.126. The topological polar surface area (TPSA) is 23.6 Å². The molecule has 1 heterocycles. The molecule has 1 unspecified atom stereocenters. The predicted octanol–water partition coefficient (Wildman–Crippen LogP) is 3.79. The number of thiocarbonyl (C=S) groups is 1. The van der Waals surface area contributed by atoms with E-state index in [2.05, 4.69) is 30.8 Å². The molecule has 3 rings (SSSR count). The monoisotopic (exact) mass is 336 g/mol. The van der Waals surface area contributed by atoms with Crippen LogP contribution in [-0.4, -0.2) is 28.5 Å². The summed E-state index contributed by atoms with van der Waals surface area (Å²) in [7, 11) is 0. The molecule has 122 valence electrons. The smallest absolute Gasteiger partial charge is 0.251 e. The van der Waals surface area contributed by atoms with Gasteiger partial charge in [0, 0.05) is 12.2 Å². The van der Waals surface area contributed by atoms with Crippen LogP contribution in [0.4, 0.5) is 5.69 Å². The average Bonchev–Trinajstić information content (AvgIpc) is 2.81. The maximum atomic E-state index is 12.3. The molecule has 1 fully saturated rings. The number of hydrogen-bond donors (Lipinski definition) is 0. The van der Waals surface area contributed by atoms with Gasteiger partial charge in [0.25, 0.3) is 5.91 Å².